The van der Waals surface area contributed by atoms with E-state index in [9.17, 15) is 4.79 Å². The SMILES string of the molecule is Cc1ccccc1CSc1nc2ccccc2c(=O)n1-c1c(C)cccc1C. The molecule has 0 atom stereocenters. The maximum atomic E-state index is 13.4. The van der Waals surface area contributed by atoms with Crippen molar-refractivity contribution in [3.05, 3.63) is 99.3 Å². The van der Waals surface area contributed by atoms with Crippen LogP contribution < -0.4 is 5.56 Å². The Labute approximate surface area is 169 Å². The molecule has 0 radical (unpaired) electrons. The van der Waals surface area contributed by atoms with Gasteiger partial charge >= 0.3 is 0 Å². The molecule has 0 N–H and O–H groups in total. The smallest absolute Gasteiger partial charge is 0.266 e. The molecule has 0 saturated carbocycles. The number of aromatic nitrogens is 2. The number of para-hydroxylation sites is 2. The summed E-state index contributed by atoms with van der Waals surface area (Å²) in [6.07, 6.45) is 0. The van der Waals surface area contributed by atoms with Crippen LogP contribution in [0.25, 0.3) is 16.6 Å². The molecule has 4 aromatic rings. The minimum Gasteiger partial charge on any atom is -0.268 e. The van der Waals surface area contributed by atoms with E-state index in [1.54, 1.807) is 16.3 Å². The Kier molecular flexibility index (Phi) is 5.05. The monoisotopic (exact) mass is 386 g/mol. The second kappa shape index (κ2) is 7.64. The van der Waals surface area contributed by atoms with Gasteiger partial charge in [-0.25, -0.2) is 4.98 Å². The Hall–Kier alpha value is -2.85. The minimum absolute atomic E-state index is 0.0183. The van der Waals surface area contributed by atoms with Crippen molar-refractivity contribution in [2.75, 3.05) is 0 Å². The highest BCUT2D eigenvalue weighted by Crippen LogP contribution is 2.28. The fourth-order valence-corrected chi connectivity index (χ4v) is 4.55. The van der Waals surface area contributed by atoms with Gasteiger partial charge in [-0.3, -0.25) is 9.36 Å². The molecule has 0 amide bonds. The molecule has 1 heterocycles. The molecular weight excluding hydrogens is 364 g/mol. The van der Waals surface area contributed by atoms with E-state index in [0.717, 1.165) is 33.2 Å². The molecule has 28 heavy (non-hydrogen) atoms. The van der Waals surface area contributed by atoms with Crippen molar-refractivity contribution in [2.24, 2.45) is 0 Å². The number of aryl methyl sites for hydroxylation is 3. The molecule has 4 heteroatoms. The summed E-state index contributed by atoms with van der Waals surface area (Å²) >= 11 is 1.61. The lowest BCUT2D eigenvalue weighted by Crippen LogP contribution is -2.23. The Morgan fingerprint density at radius 2 is 1.46 bits per heavy atom. The average molecular weight is 387 g/mol. The van der Waals surface area contributed by atoms with Gasteiger partial charge in [0, 0.05) is 5.75 Å². The Morgan fingerprint density at radius 1 is 0.821 bits per heavy atom. The quantitative estimate of drug-likeness (QED) is 0.338. The third-order valence-electron chi connectivity index (χ3n) is 5.03. The van der Waals surface area contributed by atoms with Crippen LogP contribution in [0.1, 0.15) is 22.3 Å². The van der Waals surface area contributed by atoms with Gasteiger partial charge < -0.3 is 0 Å². The Balaban J connectivity index is 1.92. The molecule has 140 valence electrons. The summed E-state index contributed by atoms with van der Waals surface area (Å²) in [6.45, 7) is 6.20. The first-order valence-corrected chi connectivity index (χ1v) is 10.3. The van der Waals surface area contributed by atoms with Crippen molar-refractivity contribution in [3.8, 4) is 5.69 Å². The van der Waals surface area contributed by atoms with Crippen LogP contribution in [0.4, 0.5) is 0 Å². The topological polar surface area (TPSA) is 34.9 Å². The first kappa shape index (κ1) is 18.5. The summed E-state index contributed by atoms with van der Waals surface area (Å²) < 4.78 is 1.79. The fraction of sp³-hybridized carbons (Fsp3) is 0.167. The highest BCUT2D eigenvalue weighted by molar-refractivity contribution is 7.98. The fourth-order valence-electron chi connectivity index (χ4n) is 3.48. The number of rotatable bonds is 4. The molecule has 0 aliphatic carbocycles. The highest BCUT2D eigenvalue weighted by atomic mass is 32.2. The molecule has 0 unspecified atom stereocenters. The van der Waals surface area contributed by atoms with Crippen molar-refractivity contribution in [2.45, 2.75) is 31.7 Å². The zero-order valence-electron chi connectivity index (χ0n) is 16.3. The zero-order valence-corrected chi connectivity index (χ0v) is 17.1. The lowest BCUT2D eigenvalue weighted by molar-refractivity contribution is 0.808. The van der Waals surface area contributed by atoms with Crippen molar-refractivity contribution in [1.29, 1.82) is 0 Å². The number of thioether (sulfide) groups is 1. The van der Waals surface area contributed by atoms with E-state index < -0.39 is 0 Å². The van der Waals surface area contributed by atoms with E-state index in [4.69, 9.17) is 4.98 Å². The molecule has 0 saturated heterocycles. The first-order chi connectivity index (χ1) is 13.6. The van der Waals surface area contributed by atoms with E-state index in [-0.39, 0.29) is 5.56 Å². The van der Waals surface area contributed by atoms with Gasteiger partial charge in [0.2, 0.25) is 0 Å². The Morgan fingerprint density at radius 3 is 2.21 bits per heavy atom. The predicted octanol–water partition coefficient (Wildman–Crippen LogP) is 5.60. The lowest BCUT2D eigenvalue weighted by atomic mass is 10.1. The van der Waals surface area contributed by atoms with Crippen LogP contribution in [0.3, 0.4) is 0 Å². The minimum atomic E-state index is -0.0183. The summed E-state index contributed by atoms with van der Waals surface area (Å²) in [5.74, 6) is 0.766. The number of hydrogen-bond acceptors (Lipinski definition) is 3. The number of nitrogens with zero attached hydrogens (tertiary/aromatic N) is 2. The molecule has 0 bridgehead atoms. The van der Waals surface area contributed by atoms with Crippen LogP contribution in [0, 0.1) is 20.8 Å². The van der Waals surface area contributed by atoms with Gasteiger partial charge in [-0.15, -0.1) is 0 Å². The largest absolute Gasteiger partial charge is 0.268 e. The van der Waals surface area contributed by atoms with Crippen molar-refractivity contribution in [1.82, 2.24) is 9.55 Å². The molecule has 0 spiro atoms. The van der Waals surface area contributed by atoms with Crippen LogP contribution in [-0.2, 0) is 5.75 Å². The third kappa shape index (κ3) is 3.36. The second-order valence-electron chi connectivity index (χ2n) is 7.01. The van der Waals surface area contributed by atoms with E-state index in [1.165, 1.54) is 11.1 Å². The van der Waals surface area contributed by atoms with Gasteiger partial charge in [-0.05, 0) is 55.2 Å². The number of benzene rings is 3. The second-order valence-corrected chi connectivity index (χ2v) is 7.95. The summed E-state index contributed by atoms with van der Waals surface area (Å²) in [4.78, 5) is 18.3. The molecule has 0 fully saturated rings. The predicted molar refractivity (Wildman–Crippen MR) is 118 cm³/mol. The molecule has 3 nitrogen and oxygen atoms in total. The number of hydrogen-bond donors (Lipinski definition) is 0. The van der Waals surface area contributed by atoms with E-state index in [0.29, 0.717) is 5.39 Å². The van der Waals surface area contributed by atoms with Crippen molar-refractivity contribution < 1.29 is 0 Å². The zero-order chi connectivity index (χ0) is 19.7. The lowest BCUT2D eigenvalue weighted by Gasteiger charge is -2.17. The standard InChI is InChI=1S/C24H22N2OS/c1-16-9-4-5-12-19(16)15-28-24-25-21-14-7-6-13-20(21)23(27)26(24)22-17(2)10-8-11-18(22)3/h4-14H,15H2,1-3H3. The summed E-state index contributed by atoms with van der Waals surface area (Å²) in [7, 11) is 0. The van der Waals surface area contributed by atoms with Crippen LogP contribution in [-0.4, -0.2) is 9.55 Å². The molecule has 3 aromatic carbocycles. The van der Waals surface area contributed by atoms with Gasteiger partial charge in [0.05, 0.1) is 16.6 Å². The maximum absolute atomic E-state index is 13.4. The van der Waals surface area contributed by atoms with Gasteiger partial charge in [-0.1, -0.05) is 66.4 Å². The van der Waals surface area contributed by atoms with Crippen molar-refractivity contribution in [3.63, 3.8) is 0 Å². The van der Waals surface area contributed by atoms with Gasteiger partial charge in [0.15, 0.2) is 5.16 Å². The summed E-state index contributed by atoms with van der Waals surface area (Å²) in [6, 6.07) is 22.0. The van der Waals surface area contributed by atoms with Gasteiger partial charge in [0.1, 0.15) is 0 Å². The maximum Gasteiger partial charge on any atom is 0.266 e. The normalized spacial score (nSPS) is 11.1. The molecule has 1 aromatic heterocycles. The van der Waals surface area contributed by atoms with Crippen LogP contribution in [0.2, 0.25) is 0 Å². The average Bonchev–Trinajstić information content (AvgIpc) is 2.69. The number of fused-ring (bicyclic) bond motifs is 1. The van der Waals surface area contributed by atoms with Crippen molar-refractivity contribution >= 4 is 22.7 Å². The molecule has 0 aliphatic rings. The van der Waals surface area contributed by atoms with E-state index in [2.05, 4.69) is 25.1 Å². The first-order valence-electron chi connectivity index (χ1n) is 9.32. The van der Waals surface area contributed by atoms with Crippen LogP contribution in [0.5, 0.6) is 0 Å². The Bertz CT molecular complexity index is 1210. The van der Waals surface area contributed by atoms with Gasteiger partial charge in [-0.2, -0.15) is 0 Å². The molecule has 4 rings (SSSR count). The van der Waals surface area contributed by atoms with E-state index in [1.807, 2.05) is 62.4 Å². The van der Waals surface area contributed by atoms with Crippen LogP contribution in [0.15, 0.2) is 76.7 Å². The molecule has 0 aliphatic heterocycles. The van der Waals surface area contributed by atoms with Crippen LogP contribution >= 0.6 is 11.8 Å². The van der Waals surface area contributed by atoms with E-state index >= 15 is 0 Å². The summed E-state index contributed by atoms with van der Waals surface area (Å²) in [5, 5.41) is 1.37. The highest BCUT2D eigenvalue weighted by Gasteiger charge is 2.16. The summed E-state index contributed by atoms with van der Waals surface area (Å²) in [5.41, 5.74) is 6.28. The molecular formula is C24H22N2OS. The van der Waals surface area contributed by atoms with Gasteiger partial charge in [0.25, 0.3) is 5.56 Å². The third-order valence-corrected chi connectivity index (χ3v) is 6.01.